The van der Waals surface area contributed by atoms with E-state index in [1.54, 1.807) is 0 Å². The number of nitrogens with one attached hydrogen (secondary N) is 1. The van der Waals surface area contributed by atoms with Crippen molar-refractivity contribution in [3.63, 3.8) is 0 Å². The Morgan fingerprint density at radius 1 is 1.14 bits per heavy atom. The van der Waals surface area contributed by atoms with Crippen LogP contribution in [0.1, 0.15) is 50.8 Å². The lowest BCUT2D eigenvalue weighted by Crippen LogP contribution is -2.40. The minimum Gasteiger partial charge on any atom is -0.353 e. The van der Waals surface area contributed by atoms with Crippen LogP contribution in [0, 0.1) is 0 Å². The molecule has 1 rings (SSSR count). The first kappa shape index (κ1) is 17.7. The number of rotatable bonds is 7. The molecule has 4 heteroatoms. The van der Waals surface area contributed by atoms with E-state index >= 15 is 0 Å². The number of carbonyl (C=O) groups is 1. The van der Waals surface area contributed by atoms with Gasteiger partial charge in [-0.05, 0) is 37.9 Å². The molecule has 0 fully saturated rings. The molecule has 0 spiro atoms. The van der Waals surface area contributed by atoms with Crippen molar-refractivity contribution >= 4 is 5.91 Å². The van der Waals surface area contributed by atoms with Crippen LogP contribution in [0.15, 0.2) is 24.3 Å². The molecule has 0 saturated carbocycles. The first-order valence-corrected chi connectivity index (χ1v) is 7.63. The molecule has 1 unspecified atom stereocenters. The van der Waals surface area contributed by atoms with Crippen LogP contribution >= 0.6 is 0 Å². The molecule has 0 aliphatic carbocycles. The van der Waals surface area contributed by atoms with Crippen LogP contribution < -0.4 is 11.1 Å². The van der Waals surface area contributed by atoms with Crippen LogP contribution in [0.5, 0.6) is 0 Å². The average Bonchev–Trinajstić information content (AvgIpc) is 2.44. The summed E-state index contributed by atoms with van der Waals surface area (Å²) in [6, 6.07) is 8.49. The second kappa shape index (κ2) is 8.15. The van der Waals surface area contributed by atoms with Gasteiger partial charge in [0.1, 0.15) is 0 Å². The number of nitrogens with two attached hydrogens (primary N) is 1. The van der Waals surface area contributed by atoms with Gasteiger partial charge >= 0.3 is 0 Å². The molecule has 0 heterocycles. The molecule has 1 aromatic rings. The Bertz CT molecular complexity index is 440. The Morgan fingerprint density at radius 2 is 1.67 bits per heavy atom. The van der Waals surface area contributed by atoms with E-state index in [0.29, 0.717) is 25.0 Å². The van der Waals surface area contributed by atoms with E-state index in [-0.39, 0.29) is 11.9 Å². The molecule has 0 radical (unpaired) electrons. The molecule has 118 valence electrons. The smallest absolute Gasteiger partial charge is 0.234 e. The van der Waals surface area contributed by atoms with E-state index in [1.807, 2.05) is 24.1 Å². The SMILES string of the molecule is CC(C)c1ccc(C(N)CNC(=O)CN(C)C(C)C)cc1. The second-order valence-corrected chi connectivity index (χ2v) is 6.24. The molecule has 0 bridgehead atoms. The summed E-state index contributed by atoms with van der Waals surface area (Å²) >= 11 is 0. The third kappa shape index (κ3) is 5.86. The first-order valence-electron chi connectivity index (χ1n) is 7.63. The van der Waals surface area contributed by atoms with Gasteiger partial charge in [-0.3, -0.25) is 9.69 Å². The van der Waals surface area contributed by atoms with Crippen LogP contribution in [0.25, 0.3) is 0 Å². The van der Waals surface area contributed by atoms with Crippen LogP contribution in [0.4, 0.5) is 0 Å². The van der Waals surface area contributed by atoms with E-state index in [1.165, 1.54) is 5.56 Å². The Kier molecular flexibility index (Phi) is 6.85. The Hall–Kier alpha value is -1.39. The van der Waals surface area contributed by atoms with Gasteiger partial charge in [0.15, 0.2) is 0 Å². The van der Waals surface area contributed by atoms with Crippen molar-refractivity contribution in [3.05, 3.63) is 35.4 Å². The van der Waals surface area contributed by atoms with Crippen LogP contribution in [-0.2, 0) is 4.79 Å². The van der Waals surface area contributed by atoms with Gasteiger partial charge in [0.25, 0.3) is 0 Å². The number of nitrogens with zero attached hydrogens (tertiary/aromatic N) is 1. The number of hydrogen-bond acceptors (Lipinski definition) is 3. The fourth-order valence-electron chi connectivity index (χ4n) is 1.93. The van der Waals surface area contributed by atoms with Gasteiger partial charge in [0.2, 0.25) is 5.91 Å². The van der Waals surface area contributed by atoms with E-state index in [9.17, 15) is 4.79 Å². The van der Waals surface area contributed by atoms with Crippen molar-refractivity contribution in [1.82, 2.24) is 10.2 Å². The quantitative estimate of drug-likeness (QED) is 0.810. The second-order valence-electron chi connectivity index (χ2n) is 6.24. The van der Waals surface area contributed by atoms with Gasteiger partial charge in [-0.2, -0.15) is 0 Å². The molecule has 1 aromatic carbocycles. The van der Waals surface area contributed by atoms with Crippen molar-refractivity contribution in [2.24, 2.45) is 5.73 Å². The van der Waals surface area contributed by atoms with E-state index in [4.69, 9.17) is 5.73 Å². The fourth-order valence-corrected chi connectivity index (χ4v) is 1.93. The molecule has 0 saturated heterocycles. The monoisotopic (exact) mass is 291 g/mol. The highest BCUT2D eigenvalue weighted by Gasteiger charge is 2.12. The summed E-state index contributed by atoms with van der Waals surface area (Å²) < 4.78 is 0. The molecule has 1 amide bonds. The van der Waals surface area contributed by atoms with Crippen LogP contribution in [0.2, 0.25) is 0 Å². The number of hydrogen-bond donors (Lipinski definition) is 2. The zero-order chi connectivity index (χ0) is 16.0. The van der Waals surface area contributed by atoms with Gasteiger partial charge in [0, 0.05) is 18.6 Å². The normalized spacial score (nSPS) is 13.0. The third-order valence-electron chi connectivity index (χ3n) is 3.82. The van der Waals surface area contributed by atoms with Crippen LogP contribution in [0.3, 0.4) is 0 Å². The minimum absolute atomic E-state index is 0.0143. The maximum atomic E-state index is 11.8. The number of benzene rings is 1. The van der Waals surface area contributed by atoms with E-state index < -0.39 is 0 Å². The predicted molar refractivity (Wildman–Crippen MR) is 88.2 cm³/mol. The lowest BCUT2D eigenvalue weighted by atomic mass is 9.99. The summed E-state index contributed by atoms with van der Waals surface area (Å²) in [7, 11) is 1.94. The standard InChI is InChI=1S/C17H29N3O/c1-12(2)14-6-8-15(9-7-14)16(18)10-19-17(21)11-20(5)13(3)4/h6-9,12-13,16H,10-11,18H2,1-5H3,(H,19,21). The van der Waals surface area contributed by atoms with E-state index in [0.717, 1.165) is 5.56 Å². The number of carbonyl (C=O) groups excluding carboxylic acids is 1. The minimum atomic E-state index is -0.167. The Labute approximate surface area is 128 Å². The van der Waals surface area contributed by atoms with Gasteiger partial charge in [-0.1, -0.05) is 38.1 Å². The molecular weight excluding hydrogens is 262 g/mol. The molecular formula is C17H29N3O. The van der Waals surface area contributed by atoms with Gasteiger partial charge in [-0.15, -0.1) is 0 Å². The van der Waals surface area contributed by atoms with Gasteiger partial charge < -0.3 is 11.1 Å². The average molecular weight is 291 g/mol. The molecule has 3 N–H and O–H groups in total. The number of amides is 1. The van der Waals surface area contributed by atoms with Gasteiger partial charge in [0.05, 0.1) is 6.54 Å². The highest BCUT2D eigenvalue weighted by atomic mass is 16.2. The van der Waals surface area contributed by atoms with Crippen molar-refractivity contribution < 1.29 is 4.79 Å². The van der Waals surface area contributed by atoms with E-state index in [2.05, 4.69) is 45.1 Å². The zero-order valence-electron chi connectivity index (χ0n) is 13.9. The molecule has 21 heavy (non-hydrogen) atoms. The number of likely N-dealkylation sites (N-methyl/N-ethyl adjacent to an activating group) is 1. The van der Waals surface area contributed by atoms with Crippen molar-refractivity contribution in [2.75, 3.05) is 20.1 Å². The predicted octanol–water partition coefficient (Wildman–Crippen LogP) is 2.27. The maximum Gasteiger partial charge on any atom is 0.234 e. The molecule has 0 aliphatic rings. The zero-order valence-corrected chi connectivity index (χ0v) is 13.9. The molecule has 1 atom stereocenters. The lowest BCUT2D eigenvalue weighted by Gasteiger charge is -2.21. The Morgan fingerprint density at radius 3 is 2.14 bits per heavy atom. The third-order valence-corrected chi connectivity index (χ3v) is 3.82. The first-order chi connectivity index (χ1) is 9.81. The summed E-state index contributed by atoms with van der Waals surface area (Å²) in [5, 5.41) is 2.90. The summed E-state index contributed by atoms with van der Waals surface area (Å²) in [5.74, 6) is 0.530. The van der Waals surface area contributed by atoms with Crippen LogP contribution in [-0.4, -0.2) is 37.0 Å². The van der Waals surface area contributed by atoms with Crippen molar-refractivity contribution in [1.29, 1.82) is 0 Å². The topological polar surface area (TPSA) is 58.4 Å². The lowest BCUT2D eigenvalue weighted by molar-refractivity contribution is -0.122. The fraction of sp³-hybridized carbons (Fsp3) is 0.588. The highest BCUT2D eigenvalue weighted by molar-refractivity contribution is 5.78. The summed E-state index contributed by atoms with van der Waals surface area (Å²) in [4.78, 5) is 13.8. The summed E-state index contributed by atoms with van der Waals surface area (Å²) in [6.07, 6.45) is 0. The Balaban J connectivity index is 2.46. The highest BCUT2D eigenvalue weighted by Crippen LogP contribution is 2.17. The summed E-state index contributed by atoms with van der Waals surface area (Å²) in [6.45, 7) is 9.33. The van der Waals surface area contributed by atoms with Crippen molar-refractivity contribution in [2.45, 2.75) is 45.7 Å². The van der Waals surface area contributed by atoms with Crippen molar-refractivity contribution in [3.8, 4) is 0 Å². The molecule has 0 aromatic heterocycles. The molecule has 4 nitrogen and oxygen atoms in total. The summed E-state index contributed by atoms with van der Waals surface area (Å²) in [5.41, 5.74) is 8.48. The maximum absolute atomic E-state index is 11.8. The molecule has 0 aliphatic heterocycles. The largest absolute Gasteiger partial charge is 0.353 e. The van der Waals surface area contributed by atoms with Gasteiger partial charge in [-0.25, -0.2) is 0 Å².